The van der Waals surface area contributed by atoms with Crippen LogP contribution in [0.25, 0.3) is 0 Å². The minimum Gasteiger partial charge on any atom is -0.374 e. The van der Waals surface area contributed by atoms with Crippen LogP contribution in [0.5, 0.6) is 0 Å². The molecule has 3 aromatic rings. The summed E-state index contributed by atoms with van der Waals surface area (Å²) in [5.41, 5.74) is -1.09. The molecule has 2 unspecified atom stereocenters. The average Bonchev–Trinajstić information content (AvgIpc) is 3.38. The number of aliphatic hydroxyl groups is 1. The van der Waals surface area contributed by atoms with Gasteiger partial charge in [0.1, 0.15) is 5.01 Å². The van der Waals surface area contributed by atoms with Crippen LogP contribution in [0.4, 0.5) is 13.2 Å². The van der Waals surface area contributed by atoms with E-state index in [1.807, 2.05) is 41.8 Å². The number of rotatable bonds is 8. The number of thiophene rings is 1. The van der Waals surface area contributed by atoms with E-state index < -0.39 is 35.2 Å². The van der Waals surface area contributed by atoms with Gasteiger partial charge in [0.05, 0.1) is 12.5 Å². The van der Waals surface area contributed by atoms with Crippen LogP contribution in [0, 0.1) is 6.92 Å². The number of hydrogen-bond acceptors (Lipinski definition) is 5. The molecule has 0 fully saturated rings. The lowest BCUT2D eigenvalue weighted by Gasteiger charge is -2.29. The summed E-state index contributed by atoms with van der Waals surface area (Å²) in [6.45, 7) is 3.61. The van der Waals surface area contributed by atoms with Crippen molar-refractivity contribution >= 4 is 28.6 Å². The molecule has 0 aliphatic rings. The molecular weight excluding hydrogens is 445 g/mol. The Labute approximate surface area is 186 Å². The van der Waals surface area contributed by atoms with E-state index in [4.69, 9.17) is 0 Å². The molecule has 0 spiro atoms. The van der Waals surface area contributed by atoms with E-state index in [-0.39, 0.29) is 0 Å². The number of aromatic nitrogens is 1. The number of carbonyl (C=O) groups is 1. The van der Waals surface area contributed by atoms with Crippen LogP contribution >= 0.6 is 22.7 Å². The third-order valence-corrected chi connectivity index (χ3v) is 6.89. The zero-order valence-corrected chi connectivity index (χ0v) is 18.7. The summed E-state index contributed by atoms with van der Waals surface area (Å²) in [7, 11) is 0. The summed E-state index contributed by atoms with van der Waals surface area (Å²) < 4.78 is 41.2. The fourth-order valence-electron chi connectivity index (χ4n) is 3.23. The molecule has 0 bridgehead atoms. The van der Waals surface area contributed by atoms with Gasteiger partial charge in [-0.25, -0.2) is 4.98 Å². The Morgan fingerprint density at radius 1 is 1.19 bits per heavy atom. The zero-order chi connectivity index (χ0) is 22.6. The van der Waals surface area contributed by atoms with E-state index >= 15 is 0 Å². The van der Waals surface area contributed by atoms with E-state index in [0.717, 1.165) is 28.8 Å². The minimum absolute atomic E-state index is 0.353. The highest BCUT2D eigenvalue weighted by molar-refractivity contribution is 7.10. The molecule has 2 heterocycles. The highest BCUT2D eigenvalue weighted by Gasteiger charge is 2.58. The number of aryl methyl sites for hydroxylation is 2. The lowest BCUT2D eigenvalue weighted by molar-refractivity contribution is -0.267. The first-order valence-electron chi connectivity index (χ1n) is 9.77. The van der Waals surface area contributed by atoms with Crippen molar-refractivity contribution in [3.05, 3.63) is 73.9 Å². The van der Waals surface area contributed by atoms with Crippen molar-refractivity contribution in [1.82, 2.24) is 10.3 Å². The average molecular weight is 469 g/mol. The van der Waals surface area contributed by atoms with Crippen molar-refractivity contribution in [1.29, 1.82) is 0 Å². The summed E-state index contributed by atoms with van der Waals surface area (Å²) in [5, 5.41) is 15.9. The van der Waals surface area contributed by atoms with Crippen LogP contribution in [0.15, 0.2) is 47.2 Å². The Morgan fingerprint density at radius 3 is 2.42 bits per heavy atom. The van der Waals surface area contributed by atoms with E-state index in [0.29, 0.717) is 17.0 Å². The molecule has 0 saturated heterocycles. The normalized spacial score (nSPS) is 14.8. The fourth-order valence-corrected chi connectivity index (χ4v) is 4.94. The fraction of sp³-hybridized carbons (Fsp3) is 0.364. The van der Waals surface area contributed by atoms with Gasteiger partial charge in [-0.2, -0.15) is 13.2 Å². The van der Waals surface area contributed by atoms with E-state index in [9.17, 15) is 23.1 Å². The van der Waals surface area contributed by atoms with Crippen molar-refractivity contribution < 1.29 is 23.1 Å². The molecule has 31 heavy (non-hydrogen) atoms. The molecule has 1 aromatic carbocycles. The quantitative estimate of drug-likeness (QED) is 0.458. The number of hydrogen-bond donors (Lipinski definition) is 2. The van der Waals surface area contributed by atoms with Gasteiger partial charge in [0, 0.05) is 16.0 Å². The SMILES string of the molecule is CCCc1ccc(C(NC(=O)CC(O)(c2nc(C)cs2)C(F)(F)F)c2cccs2)cc1. The molecule has 0 aliphatic carbocycles. The topological polar surface area (TPSA) is 62.2 Å². The standard InChI is InChI=1S/C22H23F3N2O2S2/c1-3-5-15-7-9-16(10-8-15)19(17-6-4-11-30-17)27-18(28)12-21(29,22(23,24)25)20-26-14(2)13-31-20/h4,6-11,13,19,29H,3,5,12H2,1-2H3,(H,27,28). The van der Waals surface area contributed by atoms with Gasteiger partial charge in [0.2, 0.25) is 11.5 Å². The number of halogens is 3. The lowest BCUT2D eigenvalue weighted by Crippen LogP contribution is -2.46. The molecule has 166 valence electrons. The zero-order valence-electron chi connectivity index (χ0n) is 17.1. The van der Waals surface area contributed by atoms with Crippen LogP contribution in [-0.2, 0) is 16.8 Å². The second kappa shape index (κ2) is 9.50. The predicted octanol–water partition coefficient (Wildman–Crippen LogP) is 5.51. The first-order valence-corrected chi connectivity index (χ1v) is 11.5. The monoisotopic (exact) mass is 468 g/mol. The number of benzene rings is 1. The summed E-state index contributed by atoms with van der Waals surface area (Å²) in [5.74, 6) is -0.913. The molecule has 2 atom stereocenters. The lowest BCUT2D eigenvalue weighted by atomic mass is 9.97. The van der Waals surface area contributed by atoms with Gasteiger partial charge >= 0.3 is 6.18 Å². The molecule has 0 saturated carbocycles. The number of amides is 1. The molecule has 1 amide bonds. The van der Waals surface area contributed by atoms with Gasteiger partial charge in [-0.3, -0.25) is 4.79 Å². The van der Waals surface area contributed by atoms with E-state index in [1.165, 1.54) is 23.6 Å². The first kappa shape index (κ1) is 23.4. The van der Waals surface area contributed by atoms with Crippen LogP contribution in [0.1, 0.15) is 52.5 Å². The maximum Gasteiger partial charge on any atom is 0.424 e. The third-order valence-electron chi connectivity index (χ3n) is 4.84. The number of nitrogens with one attached hydrogen (secondary N) is 1. The van der Waals surface area contributed by atoms with Crippen molar-refractivity contribution in [2.75, 3.05) is 0 Å². The number of carbonyl (C=O) groups excluding carboxylic acids is 1. The summed E-state index contributed by atoms with van der Waals surface area (Å²) in [6, 6.07) is 10.7. The van der Waals surface area contributed by atoms with Crippen molar-refractivity contribution in [2.24, 2.45) is 0 Å². The summed E-state index contributed by atoms with van der Waals surface area (Å²) >= 11 is 2.08. The van der Waals surface area contributed by atoms with Gasteiger partial charge in [-0.15, -0.1) is 22.7 Å². The van der Waals surface area contributed by atoms with Crippen LogP contribution in [-0.4, -0.2) is 22.2 Å². The smallest absolute Gasteiger partial charge is 0.374 e. The van der Waals surface area contributed by atoms with Gasteiger partial charge in [0.25, 0.3) is 0 Å². The summed E-state index contributed by atoms with van der Waals surface area (Å²) in [4.78, 5) is 17.3. The molecule has 0 aliphatic heterocycles. The molecule has 0 radical (unpaired) electrons. The van der Waals surface area contributed by atoms with E-state index in [1.54, 1.807) is 0 Å². The molecular formula is C22H23F3N2O2S2. The molecule has 9 heteroatoms. The summed E-state index contributed by atoms with van der Waals surface area (Å²) in [6.07, 6.45) is -4.30. The second-order valence-corrected chi connectivity index (χ2v) is 9.17. The maximum absolute atomic E-state index is 13.7. The number of nitrogens with zero attached hydrogens (tertiary/aromatic N) is 1. The van der Waals surface area contributed by atoms with Gasteiger partial charge in [-0.1, -0.05) is 43.7 Å². The van der Waals surface area contributed by atoms with Crippen molar-refractivity contribution in [3.8, 4) is 0 Å². The Bertz CT molecular complexity index is 1000. The molecule has 4 nitrogen and oxygen atoms in total. The second-order valence-electron chi connectivity index (χ2n) is 7.34. The number of thiazole rings is 1. The van der Waals surface area contributed by atoms with Crippen LogP contribution in [0.2, 0.25) is 0 Å². The Morgan fingerprint density at radius 2 is 1.90 bits per heavy atom. The minimum atomic E-state index is -5.05. The molecule has 2 N–H and O–H groups in total. The Kier molecular flexibility index (Phi) is 7.18. The maximum atomic E-state index is 13.7. The highest BCUT2D eigenvalue weighted by Crippen LogP contribution is 2.43. The van der Waals surface area contributed by atoms with Crippen molar-refractivity contribution in [3.63, 3.8) is 0 Å². The third kappa shape index (κ3) is 5.34. The van der Waals surface area contributed by atoms with Crippen LogP contribution in [0.3, 0.4) is 0 Å². The van der Waals surface area contributed by atoms with Gasteiger partial charge in [-0.05, 0) is 35.9 Å². The van der Waals surface area contributed by atoms with Crippen molar-refractivity contribution in [2.45, 2.75) is 50.9 Å². The van der Waals surface area contributed by atoms with E-state index in [2.05, 4.69) is 17.2 Å². The van der Waals surface area contributed by atoms with Gasteiger partial charge < -0.3 is 10.4 Å². The molecule has 3 rings (SSSR count). The first-order chi connectivity index (χ1) is 14.6. The Hall–Kier alpha value is -2.23. The largest absolute Gasteiger partial charge is 0.424 e. The van der Waals surface area contributed by atoms with Crippen LogP contribution < -0.4 is 5.32 Å². The highest BCUT2D eigenvalue weighted by atomic mass is 32.1. The molecule has 2 aromatic heterocycles. The number of alkyl halides is 3. The van der Waals surface area contributed by atoms with Gasteiger partial charge in [0.15, 0.2) is 0 Å². The Balaban J connectivity index is 1.86. The predicted molar refractivity (Wildman–Crippen MR) is 116 cm³/mol.